The van der Waals surface area contributed by atoms with E-state index >= 15 is 0 Å². The molecular formula is C19H23N3O2S. The number of hydrogen-bond acceptors (Lipinski definition) is 3. The molecular weight excluding hydrogens is 334 g/mol. The zero-order valence-corrected chi connectivity index (χ0v) is 15.2. The zero-order chi connectivity index (χ0) is 17.8. The fourth-order valence-corrected chi connectivity index (χ4v) is 3.31. The molecule has 0 radical (unpaired) electrons. The van der Waals surface area contributed by atoms with Gasteiger partial charge in [0.1, 0.15) is 0 Å². The lowest BCUT2D eigenvalue weighted by Gasteiger charge is -2.18. The van der Waals surface area contributed by atoms with Crippen molar-refractivity contribution < 1.29 is 9.59 Å². The summed E-state index contributed by atoms with van der Waals surface area (Å²) in [7, 11) is 0. The summed E-state index contributed by atoms with van der Waals surface area (Å²) in [5.41, 5.74) is 1.78. The Kier molecular flexibility index (Phi) is 5.38. The summed E-state index contributed by atoms with van der Waals surface area (Å²) in [5, 5.41) is 10.8. The van der Waals surface area contributed by atoms with E-state index in [1.807, 2.05) is 55.6 Å². The van der Waals surface area contributed by atoms with Gasteiger partial charge in [0.2, 0.25) is 5.91 Å². The number of nitrogens with one attached hydrogen (secondary N) is 3. The van der Waals surface area contributed by atoms with E-state index < -0.39 is 0 Å². The SMILES string of the molecule is CC(NC(=O)NC(C)c1cccs1)c1ccc(NC(=O)C2CC2)cc1. The van der Waals surface area contributed by atoms with Gasteiger partial charge in [0, 0.05) is 16.5 Å². The van der Waals surface area contributed by atoms with Crippen molar-refractivity contribution in [2.75, 3.05) is 5.32 Å². The summed E-state index contributed by atoms with van der Waals surface area (Å²) in [6.45, 7) is 3.90. The van der Waals surface area contributed by atoms with Gasteiger partial charge < -0.3 is 16.0 Å². The van der Waals surface area contributed by atoms with E-state index in [1.165, 1.54) is 0 Å². The second-order valence-electron chi connectivity index (χ2n) is 6.46. The highest BCUT2D eigenvalue weighted by molar-refractivity contribution is 7.10. The van der Waals surface area contributed by atoms with Crippen molar-refractivity contribution in [2.45, 2.75) is 38.8 Å². The lowest BCUT2D eigenvalue weighted by Crippen LogP contribution is -2.38. The highest BCUT2D eigenvalue weighted by atomic mass is 32.1. The fraction of sp³-hybridized carbons (Fsp3) is 0.368. The normalized spacial score (nSPS) is 15.9. The van der Waals surface area contributed by atoms with Crippen LogP contribution >= 0.6 is 11.3 Å². The van der Waals surface area contributed by atoms with E-state index in [-0.39, 0.29) is 29.9 Å². The second-order valence-corrected chi connectivity index (χ2v) is 7.44. The minimum atomic E-state index is -0.195. The van der Waals surface area contributed by atoms with Gasteiger partial charge >= 0.3 is 6.03 Å². The highest BCUT2D eigenvalue weighted by Gasteiger charge is 2.29. The molecule has 1 aliphatic carbocycles. The first kappa shape index (κ1) is 17.5. The van der Waals surface area contributed by atoms with Crippen LogP contribution in [0.4, 0.5) is 10.5 Å². The summed E-state index contributed by atoms with van der Waals surface area (Å²) in [6.07, 6.45) is 1.98. The minimum Gasteiger partial charge on any atom is -0.332 e. The van der Waals surface area contributed by atoms with Crippen LogP contribution in [0.5, 0.6) is 0 Å². The number of hydrogen-bond donors (Lipinski definition) is 3. The molecule has 3 amide bonds. The molecule has 1 aromatic carbocycles. The van der Waals surface area contributed by atoms with Gasteiger partial charge in [-0.1, -0.05) is 18.2 Å². The van der Waals surface area contributed by atoms with E-state index in [0.717, 1.165) is 29.0 Å². The van der Waals surface area contributed by atoms with Crippen LogP contribution in [0, 0.1) is 5.92 Å². The molecule has 2 aromatic rings. The zero-order valence-electron chi connectivity index (χ0n) is 14.4. The molecule has 3 rings (SSSR count). The maximum atomic E-state index is 12.2. The largest absolute Gasteiger partial charge is 0.332 e. The van der Waals surface area contributed by atoms with Gasteiger partial charge in [0.05, 0.1) is 12.1 Å². The van der Waals surface area contributed by atoms with Crippen LogP contribution in [0.1, 0.15) is 49.2 Å². The first-order valence-electron chi connectivity index (χ1n) is 8.54. The number of anilines is 1. The van der Waals surface area contributed by atoms with E-state index in [9.17, 15) is 9.59 Å². The lowest BCUT2D eigenvalue weighted by molar-refractivity contribution is -0.117. The van der Waals surface area contributed by atoms with Crippen molar-refractivity contribution in [2.24, 2.45) is 5.92 Å². The van der Waals surface area contributed by atoms with Crippen LogP contribution in [-0.4, -0.2) is 11.9 Å². The number of thiophene rings is 1. The summed E-state index contributed by atoms with van der Waals surface area (Å²) in [4.78, 5) is 25.0. The molecule has 1 aromatic heterocycles. The minimum absolute atomic E-state index is 0.0211. The molecule has 1 aliphatic rings. The van der Waals surface area contributed by atoms with E-state index in [0.29, 0.717) is 0 Å². The number of carbonyl (C=O) groups excluding carboxylic acids is 2. The van der Waals surface area contributed by atoms with Crippen molar-refractivity contribution >= 4 is 29.0 Å². The molecule has 0 saturated heterocycles. The Bertz CT molecular complexity index is 724. The van der Waals surface area contributed by atoms with Crippen LogP contribution in [0.15, 0.2) is 41.8 Å². The van der Waals surface area contributed by atoms with Gasteiger partial charge in [-0.25, -0.2) is 4.79 Å². The maximum absolute atomic E-state index is 12.2. The Balaban J connectivity index is 1.50. The molecule has 0 aliphatic heterocycles. The first-order valence-corrected chi connectivity index (χ1v) is 9.42. The van der Waals surface area contributed by atoms with Gasteiger partial charge in [0.15, 0.2) is 0 Å². The molecule has 6 heteroatoms. The van der Waals surface area contributed by atoms with E-state index in [2.05, 4.69) is 16.0 Å². The molecule has 5 nitrogen and oxygen atoms in total. The summed E-state index contributed by atoms with van der Waals surface area (Å²) >= 11 is 1.62. The molecule has 3 N–H and O–H groups in total. The van der Waals surface area contributed by atoms with Gasteiger partial charge in [0.25, 0.3) is 0 Å². The summed E-state index contributed by atoms with van der Waals surface area (Å²) in [6, 6.07) is 11.2. The highest BCUT2D eigenvalue weighted by Crippen LogP contribution is 2.30. The van der Waals surface area contributed by atoms with Crippen LogP contribution in [0.3, 0.4) is 0 Å². The Morgan fingerprint density at radius 2 is 1.72 bits per heavy atom. The molecule has 0 bridgehead atoms. The fourth-order valence-electron chi connectivity index (χ4n) is 2.57. The Morgan fingerprint density at radius 1 is 1.04 bits per heavy atom. The van der Waals surface area contributed by atoms with Gasteiger partial charge in [-0.15, -0.1) is 11.3 Å². The van der Waals surface area contributed by atoms with Crippen molar-refractivity contribution in [1.82, 2.24) is 10.6 Å². The third kappa shape index (κ3) is 4.82. The van der Waals surface area contributed by atoms with Crippen LogP contribution in [0.25, 0.3) is 0 Å². The quantitative estimate of drug-likeness (QED) is 0.724. The molecule has 132 valence electrons. The van der Waals surface area contributed by atoms with Crippen molar-refractivity contribution in [3.05, 3.63) is 52.2 Å². The lowest BCUT2D eigenvalue weighted by atomic mass is 10.1. The number of benzene rings is 1. The van der Waals surface area contributed by atoms with E-state index in [1.54, 1.807) is 11.3 Å². The third-order valence-electron chi connectivity index (χ3n) is 4.29. The van der Waals surface area contributed by atoms with Gasteiger partial charge in [-0.05, 0) is 55.8 Å². The standard InChI is InChI=1S/C19H23N3O2S/c1-12(20-19(24)21-13(2)17-4-3-11-25-17)14-7-9-16(10-8-14)22-18(23)15-5-6-15/h3-4,7-13,15H,5-6H2,1-2H3,(H,22,23)(H2,20,21,24). The monoisotopic (exact) mass is 357 g/mol. The molecule has 1 heterocycles. The average Bonchev–Trinajstić information content (AvgIpc) is 3.29. The van der Waals surface area contributed by atoms with Crippen molar-refractivity contribution in [1.29, 1.82) is 0 Å². The Labute approximate surface area is 151 Å². The smallest absolute Gasteiger partial charge is 0.315 e. The molecule has 1 saturated carbocycles. The number of rotatable bonds is 6. The average molecular weight is 357 g/mol. The predicted molar refractivity (Wildman–Crippen MR) is 101 cm³/mol. The third-order valence-corrected chi connectivity index (χ3v) is 5.35. The predicted octanol–water partition coefficient (Wildman–Crippen LogP) is 4.22. The molecule has 1 fully saturated rings. The van der Waals surface area contributed by atoms with Crippen LogP contribution in [-0.2, 0) is 4.79 Å². The molecule has 25 heavy (non-hydrogen) atoms. The number of carbonyl (C=O) groups is 2. The molecule has 0 spiro atoms. The van der Waals surface area contributed by atoms with Crippen molar-refractivity contribution in [3.63, 3.8) is 0 Å². The van der Waals surface area contributed by atoms with Gasteiger partial charge in [-0.3, -0.25) is 4.79 Å². The Morgan fingerprint density at radius 3 is 2.32 bits per heavy atom. The number of urea groups is 1. The Hall–Kier alpha value is -2.34. The first-order chi connectivity index (χ1) is 12.0. The molecule has 2 atom stereocenters. The molecule has 2 unspecified atom stereocenters. The van der Waals surface area contributed by atoms with Gasteiger partial charge in [-0.2, -0.15) is 0 Å². The number of amides is 3. The van der Waals surface area contributed by atoms with E-state index in [4.69, 9.17) is 0 Å². The van der Waals surface area contributed by atoms with Crippen LogP contribution in [0.2, 0.25) is 0 Å². The van der Waals surface area contributed by atoms with Crippen molar-refractivity contribution in [3.8, 4) is 0 Å². The topological polar surface area (TPSA) is 70.2 Å². The summed E-state index contributed by atoms with van der Waals surface area (Å²) < 4.78 is 0. The van der Waals surface area contributed by atoms with Crippen LogP contribution < -0.4 is 16.0 Å². The maximum Gasteiger partial charge on any atom is 0.315 e. The summed E-state index contributed by atoms with van der Waals surface area (Å²) in [5.74, 6) is 0.287. The second kappa shape index (κ2) is 7.70.